The molecule has 0 unspecified atom stereocenters. The molecule has 152 valence electrons. The summed E-state index contributed by atoms with van der Waals surface area (Å²) in [4.78, 5) is 12.0. The smallest absolute Gasteiger partial charge is 0.142 e. The summed E-state index contributed by atoms with van der Waals surface area (Å²) in [5.74, 6) is 0.981. The number of ether oxygens (including phenoxy) is 1. The van der Waals surface area contributed by atoms with Crippen molar-refractivity contribution in [2.75, 3.05) is 32.8 Å². The van der Waals surface area contributed by atoms with E-state index in [9.17, 15) is 0 Å². The van der Waals surface area contributed by atoms with Crippen LogP contribution in [0.2, 0.25) is 0 Å². The molecule has 4 aromatic rings. The first-order valence-electron chi connectivity index (χ1n) is 10.6. The maximum absolute atomic E-state index is 5.51. The van der Waals surface area contributed by atoms with E-state index in [0.29, 0.717) is 0 Å². The summed E-state index contributed by atoms with van der Waals surface area (Å²) >= 11 is 0. The molecule has 0 spiro atoms. The van der Waals surface area contributed by atoms with E-state index in [2.05, 4.69) is 69.9 Å². The number of aromatic nitrogens is 3. The maximum Gasteiger partial charge on any atom is 0.142 e. The largest absolute Gasteiger partial charge is 0.379 e. The average Bonchev–Trinajstić information content (AvgIpc) is 3.18. The number of hydrogen-bond donors (Lipinski definition) is 0. The summed E-state index contributed by atoms with van der Waals surface area (Å²) in [5, 5.41) is 0. The van der Waals surface area contributed by atoms with Crippen molar-refractivity contribution in [1.29, 1.82) is 0 Å². The first kappa shape index (κ1) is 19.0. The van der Waals surface area contributed by atoms with Crippen LogP contribution in [0.4, 0.5) is 0 Å². The first-order valence-corrected chi connectivity index (χ1v) is 10.6. The molecule has 0 saturated carbocycles. The standard InChI is InChI=1S/C25H26N4O/c1-19-9-10-22-24(23(19)20-6-3-2-4-7-20)27-25(21-8-5-11-26-18-21)29(22)13-12-28-14-16-30-17-15-28/h2-11,18H,12-17H2,1H3. The van der Waals surface area contributed by atoms with Crippen molar-refractivity contribution in [2.24, 2.45) is 0 Å². The van der Waals surface area contributed by atoms with Gasteiger partial charge < -0.3 is 9.30 Å². The van der Waals surface area contributed by atoms with Gasteiger partial charge in [0, 0.05) is 49.7 Å². The third kappa shape index (κ3) is 3.62. The van der Waals surface area contributed by atoms with Crippen molar-refractivity contribution < 1.29 is 4.74 Å². The summed E-state index contributed by atoms with van der Waals surface area (Å²) in [6.45, 7) is 7.65. The summed E-state index contributed by atoms with van der Waals surface area (Å²) in [6.07, 6.45) is 3.71. The van der Waals surface area contributed by atoms with Crippen molar-refractivity contribution >= 4 is 11.0 Å². The van der Waals surface area contributed by atoms with E-state index in [1.54, 1.807) is 0 Å². The second kappa shape index (κ2) is 8.38. The molecular weight excluding hydrogens is 372 g/mol. The molecule has 0 bridgehead atoms. The number of morpholine rings is 1. The van der Waals surface area contributed by atoms with Crippen molar-refractivity contribution in [1.82, 2.24) is 19.4 Å². The fraction of sp³-hybridized carbons (Fsp3) is 0.280. The van der Waals surface area contributed by atoms with Crippen LogP contribution in [0.3, 0.4) is 0 Å². The highest BCUT2D eigenvalue weighted by atomic mass is 16.5. The summed E-state index contributed by atoms with van der Waals surface area (Å²) < 4.78 is 7.86. The second-order valence-electron chi connectivity index (χ2n) is 7.77. The lowest BCUT2D eigenvalue weighted by Crippen LogP contribution is -2.38. The monoisotopic (exact) mass is 398 g/mol. The van der Waals surface area contributed by atoms with Gasteiger partial charge >= 0.3 is 0 Å². The Bertz CT molecular complexity index is 1130. The molecule has 0 N–H and O–H groups in total. The SMILES string of the molecule is Cc1ccc2c(nc(-c3cccnc3)n2CCN2CCOCC2)c1-c1ccccc1. The van der Waals surface area contributed by atoms with E-state index in [0.717, 1.165) is 56.3 Å². The molecule has 1 aliphatic heterocycles. The Labute approximate surface area is 177 Å². The third-order valence-electron chi connectivity index (χ3n) is 5.85. The van der Waals surface area contributed by atoms with Gasteiger partial charge in [-0.3, -0.25) is 9.88 Å². The minimum absolute atomic E-state index is 0.817. The summed E-state index contributed by atoms with van der Waals surface area (Å²) in [7, 11) is 0. The van der Waals surface area contributed by atoms with E-state index in [1.165, 1.54) is 22.2 Å². The molecule has 30 heavy (non-hydrogen) atoms. The van der Waals surface area contributed by atoms with Gasteiger partial charge in [-0.15, -0.1) is 0 Å². The molecule has 1 fully saturated rings. The second-order valence-corrected chi connectivity index (χ2v) is 7.77. The van der Waals surface area contributed by atoms with Gasteiger partial charge in [0.25, 0.3) is 0 Å². The molecule has 2 aromatic carbocycles. The number of nitrogens with zero attached hydrogens (tertiary/aromatic N) is 4. The van der Waals surface area contributed by atoms with Crippen molar-refractivity contribution in [3.63, 3.8) is 0 Å². The molecule has 0 radical (unpaired) electrons. The highest BCUT2D eigenvalue weighted by Gasteiger charge is 2.19. The Morgan fingerprint density at radius 1 is 0.900 bits per heavy atom. The van der Waals surface area contributed by atoms with Crippen LogP contribution in [0, 0.1) is 6.92 Å². The summed E-state index contributed by atoms with van der Waals surface area (Å²) in [6, 6.07) is 19.1. The molecule has 1 aliphatic rings. The van der Waals surface area contributed by atoms with Crippen LogP contribution in [0.15, 0.2) is 67.0 Å². The van der Waals surface area contributed by atoms with Gasteiger partial charge in [-0.05, 0) is 36.2 Å². The fourth-order valence-electron chi connectivity index (χ4n) is 4.27. The quantitative estimate of drug-likeness (QED) is 0.500. The van der Waals surface area contributed by atoms with Crippen molar-refractivity contribution in [3.05, 3.63) is 72.6 Å². The molecule has 0 aliphatic carbocycles. The van der Waals surface area contributed by atoms with Gasteiger partial charge in [0.2, 0.25) is 0 Å². The number of hydrogen-bond acceptors (Lipinski definition) is 4. The lowest BCUT2D eigenvalue weighted by atomic mass is 9.99. The number of aryl methyl sites for hydroxylation is 1. The Morgan fingerprint density at radius 2 is 1.70 bits per heavy atom. The van der Waals surface area contributed by atoms with Crippen LogP contribution in [-0.2, 0) is 11.3 Å². The molecule has 3 heterocycles. The molecule has 5 heteroatoms. The lowest BCUT2D eigenvalue weighted by molar-refractivity contribution is 0.0366. The lowest BCUT2D eigenvalue weighted by Gasteiger charge is -2.27. The van der Waals surface area contributed by atoms with Crippen molar-refractivity contribution in [2.45, 2.75) is 13.5 Å². The Balaban J connectivity index is 1.64. The Kier molecular flexibility index (Phi) is 5.30. The van der Waals surface area contributed by atoms with Crippen LogP contribution in [0.5, 0.6) is 0 Å². The van der Waals surface area contributed by atoms with E-state index in [4.69, 9.17) is 9.72 Å². The topological polar surface area (TPSA) is 43.2 Å². The third-order valence-corrected chi connectivity index (χ3v) is 5.85. The van der Waals surface area contributed by atoms with Crippen LogP contribution in [-0.4, -0.2) is 52.3 Å². The zero-order valence-electron chi connectivity index (χ0n) is 17.3. The number of benzene rings is 2. The molecule has 0 atom stereocenters. The Morgan fingerprint density at radius 3 is 2.47 bits per heavy atom. The highest BCUT2D eigenvalue weighted by molar-refractivity contribution is 5.96. The van der Waals surface area contributed by atoms with E-state index in [1.807, 2.05) is 18.5 Å². The predicted octanol–water partition coefficient (Wildman–Crippen LogP) is 4.41. The van der Waals surface area contributed by atoms with Gasteiger partial charge in [0.15, 0.2) is 0 Å². The molecule has 1 saturated heterocycles. The predicted molar refractivity (Wildman–Crippen MR) is 120 cm³/mol. The van der Waals surface area contributed by atoms with Gasteiger partial charge in [-0.2, -0.15) is 0 Å². The molecule has 5 nitrogen and oxygen atoms in total. The van der Waals surface area contributed by atoms with Crippen LogP contribution in [0.25, 0.3) is 33.5 Å². The van der Waals surface area contributed by atoms with Crippen molar-refractivity contribution in [3.8, 4) is 22.5 Å². The average molecular weight is 399 g/mol. The number of fused-ring (bicyclic) bond motifs is 1. The first-order chi connectivity index (χ1) is 14.8. The van der Waals surface area contributed by atoms with Crippen LogP contribution < -0.4 is 0 Å². The minimum Gasteiger partial charge on any atom is -0.379 e. The normalized spacial score (nSPS) is 15.0. The molecular formula is C25H26N4O. The summed E-state index contributed by atoms with van der Waals surface area (Å²) in [5.41, 5.74) is 6.93. The Hall–Kier alpha value is -3.02. The van der Waals surface area contributed by atoms with Gasteiger partial charge in [-0.25, -0.2) is 4.98 Å². The molecule has 5 rings (SSSR count). The number of imidazole rings is 1. The highest BCUT2D eigenvalue weighted by Crippen LogP contribution is 2.34. The van der Waals surface area contributed by atoms with Gasteiger partial charge in [0.1, 0.15) is 5.82 Å². The zero-order valence-corrected chi connectivity index (χ0v) is 17.3. The molecule has 2 aromatic heterocycles. The van der Waals surface area contributed by atoms with E-state index < -0.39 is 0 Å². The van der Waals surface area contributed by atoms with E-state index in [-0.39, 0.29) is 0 Å². The fourth-order valence-corrected chi connectivity index (χ4v) is 4.27. The van der Waals surface area contributed by atoms with Crippen LogP contribution in [0.1, 0.15) is 5.56 Å². The number of pyridine rings is 1. The minimum atomic E-state index is 0.817. The van der Waals surface area contributed by atoms with Crippen LogP contribution >= 0.6 is 0 Å². The zero-order chi connectivity index (χ0) is 20.3. The van der Waals surface area contributed by atoms with E-state index >= 15 is 0 Å². The van der Waals surface area contributed by atoms with Gasteiger partial charge in [-0.1, -0.05) is 36.4 Å². The maximum atomic E-state index is 5.51. The molecule has 0 amide bonds. The van der Waals surface area contributed by atoms with Gasteiger partial charge in [0.05, 0.1) is 24.2 Å². The number of rotatable bonds is 5.